The van der Waals surface area contributed by atoms with E-state index in [0.717, 1.165) is 0 Å². The van der Waals surface area contributed by atoms with Crippen LogP contribution in [-0.2, 0) is 30.9 Å². The Balaban J connectivity index is 1.60. The minimum Gasteiger partial charge on any atom is -0.497 e. The summed E-state index contributed by atoms with van der Waals surface area (Å²) in [6.45, 7) is 1.56. The van der Waals surface area contributed by atoms with E-state index in [2.05, 4.69) is 4.72 Å². The zero-order valence-corrected chi connectivity index (χ0v) is 20.7. The molecule has 9 nitrogen and oxygen atoms in total. The molecule has 0 radical (unpaired) electrons. The molecule has 1 amide bonds. The largest absolute Gasteiger partial charge is 0.497 e. The Morgan fingerprint density at radius 3 is 2.36 bits per heavy atom. The summed E-state index contributed by atoms with van der Waals surface area (Å²) >= 11 is 0. The molecule has 2 aromatic carbocycles. The molecule has 186 valence electrons. The van der Waals surface area contributed by atoms with Gasteiger partial charge in [-0.25, -0.2) is 17.9 Å². The van der Waals surface area contributed by atoms with Crippen molar-refractivity contribution in [3.8, 4) is 5.75 Å². The second-order valence-corrected chi connectivity index (χ2v) is 9.56. The fraction of sp³-hybridized carbons (Fsp3) is 0.154. The number of hydrogen-bond donors (Lipinski definition) is 1. The lowest BCUT2D eigenvalue weighted by atomic mass is 10.1. The van der Waals surface area contributed by atoms with Crippen LogP contribution in [0.3, 0.4) is 0 Å². The van der Waals surface area contributed by atoms with Gasteiger partial charge in [-0.2, -0.15) is 0 Å². The monoisotopic (exact) mass is 508 g/mol. The van der Waals surface area contributed by atoms with E-state index < -0.39 is 21.9 Å². The fourth-order valence-corrected chi connectivity index (χ4v) is 4.80. The van der Waals surface area contributed by atoms with Crippen LogP contribution >= 0.6 is 0 Å². The third-order valence-electron chi connectivity index (χ3n) is 5.58. The topological polar surface area (TPSA) is 115 Å². The van der Waals surface area contributed by atoms with Crippen molar-refractivity contribution >= 4 is 33.7 Å². The zero-order valence-electron chi connectivity index (χ0n) is 19.8. The third-order valence-corrected chi connectivity index (χ3v) is 7.00. The standard InChI is InChI=1S/C26H24N2O7S/c1-17-24(26(30)34-3)23(25(29)28(17)18-9-11-19(33-2)12-10-18)15-20-13-14-21(35-20)16-27-36(31,32)22-7-5-4-6-8-22/h4-15,27H,16H2,1-3H3/b23-15+. The summed E-state index contributed by atoms with van der Waals surface area (Å²) in [5, 5.41) is 0. The Morgan fingerprint density at radius 1 is 1.03 bits per heavy atom. The molecule has 0 unspecified atom stereocenters. The van der Waals surface area contributed by atoms with Gasteiger partial charge in [-0.1, -0.05) is 18.2 Å². The van der Waals surface area contributed by atoms with Crippen LogP contribution in [0.25, 0.3) is 6.08 Å². The van der Waals surface area contributed by atoms with Crippen LogP contribution < -0.4 is 14.4 Å². The first kappa shape index (κ1) is 25.0. The predicted octanol–water partition coefficient (Wildman–Crippen LogP) is 3.64. The maximum atomic E-state index is 13.4. The molecule has 0 saturated heterocycles. The first-order chi connectivity index (χ1) is 17.2. The normalized spacial score (nSPS) is 15.0. The molecular formula is C26H24N2O7S. The molecule has 1 N–H and O–H groups in total. The van der Waals surface area contributed by atoms with Gasteiger partial charge in [0.15, 0.2) is 0 Å². The van der Waals surface area contributed by atoms with E-state index in [9.17, 15) is 18.0 Å². The summed E-state index contributed by atoms with van der Waals surface area (Å²) in [7, 11) is -0.934. The van der Waals surface area contributed by atoms with Crippen LogP contribution in [0, 0.1) is 0 Å². The van der Waals surface area contributed by atoms with Gasteiger partial charge in [-0.15, -0.1) is 0 Å². The van der Waals surface area contributed by atoms with Crippen molar-refractivity contribution in [3.63, 3.8) is 0 Å². The highest BCUT2D eigenvalue weighted by atomic mass is 32.2. The van der Waals surface area contributed by atoms with E-state index in [0.29, 0.717) is 22.9 Å². The maximum absolute atomic E-state index is 13.4. The molecule has 0 atom stereocenters. The molecule has 0 saturated carbocycles. The van der Waals surface area contributed by atoms with Crippen molar-refractivity contribution in [2.75, 3.05) is 19.1 Å². The van der Waals surface area contributed by atoms with Gasteiger partial charge in [0.2, 0.25) is 10.0 Å². The Bertz CT molecular complexity index is 1450. The van der Waals surface area contributed by atoms with Crippen molar-refractivity contribution in [1.82, 2.24) is 4.72 Å². The lowest BCUT2D eigenvalue weighted by Crippen LogP contribution is -2.24. The van der Waals surface area contributed by atoms with Gasteiger partial charge in [-0.05, 0) is 61.5 Å². The number of nitrogens with one attached hydrogen (secondary N) is 1. The summed E-state index contributed by atoms with van der Waals surface area (Å²) < 4.78 is 43.2. The molecule has 36 heavy (non-hydrogen) atoms. The van der Waals surface area contributed by atoms with Gasteiger partial charge < -0.3 is 13.9 Å². The van der Waals surface area contributed by atoms with E-state index >= 15 is 0 Å². The first-order valence-corrected chi connectivity index (χ1v) is 12.4. The van der Waals surface area contributed by atoms with E-state index in [1.165, 1.54) is 30.2 Å². The van der Waals surface area contributed by atoms with Crippen LogP contribution in [0.4, 0.5) is 5.69 Å². The molecule has 0 fully saturated rings. The van der Waals surface area contributed by atoms with Gasteiger partial charge >= 0.3 is 5.97 Å². The van der Waals surface area contributed by atoms with E-state index in [-0.39, 0.29) is 28.3 Å². The van der Waals surface area contributed by atoms with Crippen LogP contribution in [0.2, 0.25) is 0 Å². The molecule has 1 aromatic heterocycles. The summed E-state index contributed by atoms with van der Waals surface area (Å²) in [6.07, 6.45) is 1.44. The van der Waals surface area contributed by atoms with Crippen LogP contribution in [0.15, 0.2) is 92.9 Å². The third kappa shape index (κ3) is 4.95. The number of benzene rings is 2. The number of amides is 1. The summed E-state index contributed by atoms with van der Waals surface area (Å²) in [5.41, 5.74) is 1.17. The van der Waals surface area contributed by atoms with Gasteiger partial charge in [-0.3, -0.25) is 9.69 Å². The van der Waals surface area contributed by atoms with E-state index in [1.54, 1.807) is 68.6 Å². The van der Waals surface area contributed by atoms with Crippen LogP contribution in [0.1, 0.15) is 18.4 Å². The number of esters is 1. The molecular weight excluding hydrogens is 484 g/mol. The Morgan fingerprint density at radius 2 is 1.72 bits per heavy atom. The minimum atomic E-state index is -3.72. The number of carbonyl (C=O) groups is 2. The SMILES string of the molecule is COC(=O)C1=C(C)N(c2ccc(OC)cc2)C(=O)/C1=C/c1ccc(CNS(=O)(=O)c2ccccc2)o1. The highest BCUT2D eigenvalue weighted by Gasteiger charge is 2.38. The second kappa shape index (κ2) is 10.2. The lowest BCUT2D eigenvalue weighted by molar-refractivity contribution is -0.136. The van der Waals surface area contributed by atoms with Gasteiger partial charge in [0.05, 0.1) is 36.8 Å². The Hall–Kier alpha value is -4.15. The lowest BCUT2D eigenvalue weighted by Gasteiger charge is -2.18. The zero-order chi connectivity index (χ0) is 25.9. The number of nitrogens with zero attached hydrogens (tertiary/aromatic N) is 1. The first-order valence-electron chi connectivity index (χ1n) is 10.9. The molecule has 0 bridgehead atoms. The fourth-order valence-electron chi connectivity index (χ4n) is 3.78. The number of methoxy groups -OCH3 is 2. The number of rotatable bonds is 8. The molecule has 0 aliphatic carbocycles. The quantitative estimate of drug-likeness (QED) is 0.365. The average Bonchev–Trinajstić information content (AvgIpc) is 3.44. The van der Waals surface area contributed by atoms with Gasteiger partial charge in [0.1, 0.15) is 17.3 Å². The smallest absolute Gasteiger partial charge is 0.340 e. The highest BCUT2D eigenvalue weighted by Crippen LogP contribution is 2.36. The van der Waals surface area contributed by atoms with Crippen molar-refractivity contribution in [1.29, 1.82) is 0 Å². The minimum absolute atomic E-state index is 0.0922. The van der Waals surface area contributed by atoms with Crippen molar-refractivity contribution in [2.24, 2.45) is 0 Å². The number of sulfonamides is 1. The molecule has 2 heterocycles. The van der Waals surface area contributed by atoms with Crippen molar-refractivity contribution in [3.05, 3.63) is 95.1 Å². The Kier molecular flexibility index (Phi) is 7.09. The molecule has 1 aliphatic rings. The maximum Gasteiger partial charge on any atom is 0.340 e. The molecule has 3 aromatic rings. The average molecular weight is 509 g/mol. The molecule has 1 aliphatic heterocycles. The second-order valence-electron chi connectivity index (χ2n) is 7.79. The van der Waals surface area contributed by atoms with Gasteiger partial charge in [0, 0.05) is 11.4 Å². The number of hydrogen-bond acceptors (Lipinski definition) is 7. The van der Waals surface area contributed by atoms with Gasteiger partial charge in [0.25, 0.3) is 5.91 Å². The van der Waals surface area contributed by atoms with Crippen LogP contribution in [-0.4, -0.2) is 34.5 Å². The van der Waals surface area contributed by atoms with E-state index in [1.807, 2.05) is 0 Å². The Labute approximate surface area is 208 Å². The highest BCUT2D eigenvalue weighted by molar-refractivity contribution is 7.89. The number of carbonyl (C=O) groups excluding carboxylic acids is 2. The number of allylic oxidation sites excluding steroid dienone is 1. The van der Waals surface area contributed by atoms with Crippen molar-refractivity contribution in [2.45, 2.75) is 18.4 Å². The van der Waals surface area contributed by atoms with E-state index in [4.69, 9.17) is 13.9 Å². The predicted molar refractivity (Wildman–Crippen MR) is 132 cm³/mol. The summed E-state index contributed by atoms with van der Waals surface area (Å²) in [4.78, 5) is 27.5. The number of anilines is 1. The van der Waals surface area contributed by atoms with Crippen molar-refractivity contribution < 1.29 is 31.9 Å². The molecule has 10 heteroatoms. The number of ether oxygens (including phenoxy) is 2. The molecule has 4 rings (SSSR count). The van der Waals surface area contributed by atoms with Crippen LogP contribution in [0.5, 0.6) is 5.75 Å². The summed E-state index contributed by atoms with van der Waals surface area (Å²) in [6, 6.07) is 18.0. The number of furan rings is 1. The molecule has 0 spiro atoms. The summed E-state index contributed by atoms with van der Waals surface area (Å²) in [5.74, 6) is 0.144.